The van der Waals surface area contributed by atoms with Crippen molar-refractivity contribution in [3.8, 4) is 0 Å². The number of benzene rings is 1. The number of hydrogen-bond donors (Lipinski definition) is 2. The van der Waals surface area contributed by atoms with Gasteiger partial charge in [0, 0.05) is 12.1 Å². The van der Waals surface area contributed by atoms with Crippen LogP contribution in [0.5, 0.6) is 0 Å². The molecule has 24 heavy (non-hydrogen) atoms. The van der Waals surface area contributed by atoms with Crippen LogP contribution in [0.4, 0.5) is 5.69 Å². The molecule has 1 atom stereocenters. The van der Waals surface area contributed by atoms with E-state index in [9.17, 15) is 9.59 Å². The zero-order valence-electron chi connectivity index (χ0n) is 14.3. The normalized spacial score (nSPS) is 19.3. The van der Waals surface area contributed by atoms with Crippen LogP contribution in [0.25, 0.3) is 0 Å². The van der Waals surface area contributed by atoms with E-state index in [1.54, 1.807) is 0 Å². The molecule has 0 spiro atoms. The Morgan fingerprint density at radius 3 is 2.88 bits per heavy atom. The zero-order chi connectivity index (χ0) is 16.9. The molecule has 2 N–H and O–H groups in total. The van der Waals surface area contributed by atoms with E-state index in [0.29, 0.717) is 6.42 Å². The number of carbonyl (C=O) groups excluding carboxylic acids is 2. The first-order valence-electron chi connectivity index (χ1n) is 8.95. The van der Waals surface area contributed by atoms with E-state index in [4.69, 9.17) is 4.74 Å². The average Bonchev–Trinajstić information content (AvgIpc) is 2.60. The number of carbonyl (C=O) groups is 2. The van der Waals surface area contributed by atoms with Gasteiger partial charge in [0.15, 0.2) is 0 Å². The van der Waals surface area contributed by atoms with Gasteiger partial charge in [0.05, 0.1) is 12.1 Å². The maximum atomic E-state index is 12.1. The van der Waals surface area contributed by atoms with E-state index in [-0.39, 0.29) is 30.6 Å². The van der Waals surface area contributed by atoms with Gasteiger partial charge in [0.1, 0.15) is 6.61 Å². The summed E-state index contributed by atoms with van der Waals surface area (Å²) in [6.45, 7) is 2.11. The Morgan fingerprint density at radius 1 is 1.29 bits per heavy atom. The molecule has 1 aliphatic heterocycles. The van der Waals surface area contributed by atoms with Crippen LogP contribution in [0, 0.1) is 0 Å². The summed E-state index contributed by atoms with van der Waals surface area (Å²) < 4.78 is 5.72. The number of aryl methyl sites for hydroxylation is 1. The molecule has 1 aliphatic carbocycles. The van der Waals surface area contributed by atoms with Crippen LogP contribution in [0.1, 0.15) is 62.6 Å². The van der Waals surface area contributed by atoms with Crippen LogP contribution in [-0.2, 0) is 20.7 Å². The van der Waals surface area contributed by atoms with Crippen molar-refractivity contribution in [2.75, 3.05) is 11.9 Å². The van der Waals surface area contributed by atoms with Gasteiger partial charge in [-0.2, -0.15) is 0 Å². The third kappa shape index (κ3) is 4.35. The number of amides is 2. The van der Waals surface area contributed by atoms with Crippen molar-refractivity contribution in [3.63, 3.8) is 0 Å². The van der Waals surface area contributed by atoms with Gasteiger partial charge in [0.2, 0.25) is 11.8 Å². The Bertz CT molecular complexity index is 609. The highest BCUT2D eigenvalue weighted by atomic mass is 16.5. The van der Waals surface area contributed by atoms with Crippen LogP contribution in [0.15, 0.2) is 18.2 Å². The topological polar surface area (TPSA) is 67.4 Å². The minimum absolute atomic E-state index is 0.0662. The second-order valence-corrected chi connectivity index (χ2v) is 6.82. The summed E-state index contributed by atoms with van der Waals surface area (Å²) in [5.41, 5.74) is 3.07. The van der Waals surface area contributed by atoms with E-state index in [1.807, 2.05) is 19.1 Å². The Hall–Kier alpha value is -1.88. The van der Waals surface area contributed by atoms with Gasteiger partial charge < -0.3 is 15.4 Å². The molecule has 1 aromatic carbocycles. The summed E-state index contributed by atoms with van der Waals surface area (Å²) in [4.78, 5) is 23.5. The molecule has 2 amide bonds. The third-order valence-corrected chi connectivity index (χ3v) is 4.90. The monoisotopic (exact) mass is 330 g/mol. The van der Waals surface area contributed by atoms with E-state index in [1.165, 1.54) is 19.3 Å². The van der Waals surface area contributed by atoms with Crippen LogP contribution in [0.2, 0.25) is 0 Å². The number of anilines is 1. The molecular weight excluding hydrogens is 304 g/mol. The van der Waals surface area contributed by atoms with Gasteiger partial charge in [-0.3, -0.25) is 9.59 Å². The standard InChI is InChI=1S/C19H26N2O3/c1-13(20-19(23)12-24-16-5-3-2-4-6-16)14-7-9-17-15(11-14)8-10-18(22)21-17/h7,9,11,13,16H,2-6,8,10,12H2,1H3,(H,20,23)(H,21,22)/t13-/m0/s1. The lowest BCUT2D eigenvalue weighted by molar-refractivity contribution is -0.129. The molecular formula is C19H26N2O3. The molecule has 0 radical (unpaired) electrons. The zero-order valence-corrected chi connectivity index (χ0v) is 14.3. The molecule has 5 heteroatoms. The highest BCUT2D eigenvalue weighted by Gasteiger charge is 2.18. The molecule has 0 saturated heterocycles. The van der Waals surface area contributed by atoms with Gasteiger partial charge >= 0.3 is 0 Å². The van der Waals surface area contributed by atoms with Gasteiger partial charge in [-0.15, -0.1) is 0 Å². The maximum absolute atomic E-state index is 12.1. The first-order valence-corrected chi connectivity index (χ1v) is 8.95. The molecule has 5 nitrogen and oxygen atoms in total. The first kappa shape index (κ1) is 17.0. The summed E-state index contributed by atoms with van der Waals surface area (Å²) in [5.74, 6) is -0.00411. The van der Waals surface area contributed by atoms with E-state index >= 15 is 0 Å². The minimum Gasteiger partial charge on any atom is -0.368 e. The lowest BCUT2D eigenvalue weighted by Gasteiger charge is -2.23. The van der Waals surface area contributed by atoms with E-state index in [0.717, 1.165) is 36.1 Å². The van der Waals surface area contributed by atoms with Gasteiger partial charge in [-0.05, 0) is 43.4 Å². The summed E-state index contributed by atoms with van der Waals surface area (Å²) in [6, 6.07) is 5.87. The molecule has 0 bridgehead atoms. The summed E-state index contributed by atoms with van der Waals surface area (Å²) >= 11 is 0. The largest absolute Gasteiger partial charge is 0.368 e. The predicted molar refractivity (Wildman–Crippen MR) is 92.8 cm³/mol. The molecule has 1 heterocycles. The van der Waals surface area contributed by atoms with Crippen molar-refractivity contribution in [1.29, 1.82) is 0 Å². The van der Waals surface area contributed by atoms with Gasteiger partial charge in [0.25, 0.3) is 0 Å². The smallest absolute Gasteiger partial charge is 0.246 e. The molecule has 130 valence electrons. The number of hydrogen-bond acceptors (Lipinski definition) is 3. The van der Waals surface area contributed by atoms with Crippen molar-refractivity contribution in [2.45, 2.75) is 64.0 Å². The Labute approximate surface area is 143 Å². The quantitative estimate of drug-likeness (QED) is 0.872. The first-order chi connectivity index (χ1) is 11.6. The van der Waals surface area contributed by atoms with Crippen LogP contribution in [0.3, 0.4) is 0 Å². The third-order valence-electron chi connectivity index (χ3n) is 4.90. The highest BCUT2D eigenvalue weighted by molar-refractivity contribution is 5.93. The summed E-state index contributed by atoms with van der Waals surface area (Å²) in [6.07, 6.45) is 7.34. The maximum Gasteiger partial charge on any atom is 0.246 e. The van der Waals surface area contributed by atoms with Crippen LogP contribution >= 0.6 is 0 Å². The average molecular weight is 330 g/mol. The number of fused-ring (bicyclic) bond motifs is 1. The second-order valence-electron chi connectivity index (χ2n) is 6.82. The summed E-state index contributed by atoms with van der Waals surface area (Å²) in [7, 11) is 0. The molecule has 2 aliphatic rings. The number of nitrogens with one attached hydrogen (secondary N) is 2. The van der Waals surface area contributed by atoms with Crippen LogP contribution < -0.4 is 10.6 Å². The fourth-order valence-electron chi connectivity index (χ4n) is 3.46. The van der Waals surface area contributed by atoms with Crippen molar-refractivity contribution in [3.05, 3.63) is 29.3 Å². The molecule has 1 aromatic rings. The highest BCUT2D eigenvalue weighted by Crippen LogP contribution is 2.26. The van der Waals surface area contributed by atoms with Crippen molar-refractivity contribution < 1.29 is 14.3 Å². The van der Waals surface area contributed by atoms with E-state index < -0.39 is 0 Å². The molecule has 1 fully saturated rings. The summed E-state index contributed by atoms with van der Waals surface area (Å²) in [5, 5.41) is 5.88. The fourth-order valence-corrected chi connectivity index (χ4v) is 3.46. The molecule has 0 unspecified atom stereocenters. The molecule has 3 rings (SSSR count). The van der Waals surface area contributed by atoms with Crippen LogP contribution in [-0.4, -0.2) is 24.5 Å². The number of rotatable bonds is 5. The molecule has 0 aromatic heterocycles. The Balaban J connectivity index is 1.51. The number of ether oxygens (including phenoxy) is 1. The van der Waals surface area contributed by atoms with Gasteiger partial charge in [-0.1, -0.05) is 31.4 Å². The minimum atomic E-state index is -0.0737. The van der Waals surface area contributed by atoms with Crippen molar-refractivity contribution >= 4 is 17.5 Å². The lowest BCUT2D eigenvalue weighted by atomic mass is 9.97. The second kappa shape index (κ2) is 7.79. The fraction of sp³-hybridized carbons (Fsp3) is 0.579. The Morgan fingerprint density at radius 2 is 2.08 bits per heavy atom. The predicted octanol–water partition coefficient (Wildman–Crippen LogP) is 3.10. The SMILES string of the molecule is C[C@H](NC(=O)COC1CCCCC1)c1ccc2c(c1)CCC(=O)N2. The van der Waals surface area contributed by atoms with E-state index in [2.05, 4.69) is 16.7 Å². The van der Waals surface area contributed by atoms with Gasteiger partial charge in [-0.25, -0.2) is 0 Å². The molecule has 1 saturated carbocycles. The van der Waals surface area contributed by atoms with Crippen molar-refractivity contribution in [1.82, 2.24) is 5.32 Å². The van der Waals surface area contributed by atoms with Crippen molar-refractivity contribution in [2.24, 2.45) is 0 Å². The Kier molecular flexibility index (Phi) is 5.51. The lowest BCUT2D eigenvalue weighted by Crippen LogP contribution is -2.32.